The van der Waals surface area contributed by atoms with Gasteiger partial charge in [0.05, 0.1) is 7.11 Å². The molecule has 0 unspecified atom stereocenters. The van der Waals surface area contributed by atoms with Crippen molar-refractivity contribution in [2.24, 2.45) is 7.05 Å². The van der Waals surface area contributed by atoms with E-state index in [1.807, 2.05) is 42.1 Å². The summed E-state index contributed by atoms with van der Waals surface area (Å²) in [4.78, 5) is 16.9. The van der Waals surface area contributed by atoms with Gasteiger partial charge in [0.2, 0.25) is 5.91 Å². The summed E-state index contributed by atoms with van der Waals surface area (Å²) < 4.78 is 12.7. The Balaban J connectivity index is 1.90. The fourth-order valence-electron chi connectivity index (χ4n) is 2.79. The quantitative estimate of drug-likeness (QED) is 0.914. The molecule has 1 saturated heterocycles. The van der Waals surface area contributed by atoms with E-state index >= 15 is 0 Å². The van der Waals surface area contributed by atoms with Crippen molar-refractivity contribution in [3.05, 3.63) is 48.0 Å². The van der Waals surface area contributed by atoms with E-state index in [-0.39, 0.29) is 18.1 Å². The molecular formula is C17H21N3O3. The normalized spacial score (nSPS) is 18.6. The number of ether oxygens (including phenoxy) is 2. The fourth-order valence-corrected chi connectivity index (χ4v) is 2.79. The lowest BCUT2D eigenvalue weighted by atomic mass is 10.0. The van der Waals surface area contributed by atoms with Crippen molar-refractivity contribution in [2.45, 2.75) is 25.0 Å². The predicted octanol–water partition coefficient (Wildman–Crippen LogP) is 1.81. The summed E-state index contributed by atoms with van der Waals surface area (Å²) in [5.41, 5.74) is 0.921. The standard InChI is InChI=1S/C17H21N3O3/c1-20-9-8-18-16(20)15(12-5-3-6-13(11-12)22-2)19-17(21)14-7-4-10-23-14/h3,5-6,8-9,11,14-15H,4,7,10H2,1-2H3,(H,19,21)/t14-,15-/m1/s1. The number of rotatable bonds is 5. The van der Waals surface area contributed by atoms with Gasteiger partial charge in [-0.25, -0.2) is 4.98 Å². The van der Waals surface area contributed by atoms with Crippen LogP contribution in [0.3, 0.4) is 0 Å². The molecule has 23 heavy (non-hydrogen) atoms. The number of carbonyl (C=O) groups is 1. The van der Waals surface area contributed by atoms with Crippen molar-refractivity contribution in [3.8, 4) is 5.75 Å². The van der Waals surface area contributed by atoms with E-state index < -0.39 is 0 Å². The summed E-state index contributed by atoms with van der Waals surface area (Å²) in [6.07, 6.45) is 4.89. The van der Waals surface area contributed by atoms with Gasteiger partial charge in [0.25, 0.3) is 0 Å². The number of aryl methyl sites for hydroxylation is 1. The molecule has 0 bridgehead atoms. The summed E-state index contributed by atoms with van der Waals surface area (Å²) in [7, 11) is 3.54. The second-order valence-corrected chi connectivity index (χ2v) is 5.62. The van der Waals surface area contributed by atoms with Crippen LogP contribution in [0.1, 0.15) is 30.3 Å². The van der Waals surface area contributed by atoms with Crippen LogP contribution in [-0.4, -0.2) is 35.3 Å². The van der Waals surface area contributed by atoms with E-state index in [1.54, 1.807) is 13.3 Å². The summed E-state index contributed by atoms with van der Waals surface area (Å²) >= 11 is 0. The van der Waals surface area contributed by atoms with Crippen LogP contribution in [0.2, 0.25) is 0 Å². The molecule has 1 aliphatic heterocycles. The number of nitrogens with one attached hydrogen (secondary N) is 1. The van der Waals surface area contributed by atoms with Crippen molar-refractivity contribution in [3.63, 3.8) is 0 Å². The van der Waals surface area contributed by atoms with E-state index in [4.69, 9.17) is 9.47 Å². The smallest absolute Gasteiger partial charge is 0.249 e. The van der Waals surface area contributed by atoms with Crippen LogP contribution in [0.25, 0.3) is 0 Å². The van der Waals surface area contributed by atoms with Gasteiger partial charge in [-0.1, -0.05) is 12.1 Å². The molecule has 0 aliphatic carbocycles. The molecule has 6 heteroatoms. The summed E-state index contributed by atoms with van der Waals surface area (Å²) in [5, 5.41) is 3.07. The van der Waals surface area contributed by atoms with Crippen LogP contribution in [0.5, 0.6) is 5.75 Å². The second-order valence-electron chi connectivity index (χ2n) is 5.62. The molecule has 0 saturated carbocycles. The third-order valence-electron chi connectivity index (χ3n) is 4.05. The minimum atomic E-state index is -0.372. The Bertz CT molecular complexity index is 677. The summed E-state index contributed by atoms with van der Waals surface area (Å²) in [6.45, 7) is 0.643. The molecule has 2 heterocycles. The Morgan fingerprint density at radius 2 is 2.39 bits per heavy atom. The minimum absolute atomic E-state index is 0.0988. The molecule has 1 aliphatic rings. The van der Waals surface area contributed by atoms with Gasteiger partial charge in [-0.3, -0.25) is 4.79 Å². The van der Waals surface area contributed by atoms with Crippen LogP contribution in [0, 0.1) is 0 Å². The molecule has 2 atom stereocenters. The Morgan fingerprint density at radius 3 is 3.04 bits per heavy atom. The topological polar surface area (TPSA) is 65.4 Å². The number of hydrogen-bond acceptors (Lipinski definition) is 4. The van der Waals surface area contributed by atoms with Crippen molar-refractivity contribution < 1.29 is 14.3 Å². The molecule has 0 spiro atoms. The monoisotopic (exact) mass is 315 g/mol. The number of aromatic nitrogens is 2. The maximum absolute atomic E-state index is 12.5. The SMILES string of the molecule is COc1cccc([C@@H](NC(=O)[C@H]2CCCO2)c2nccn2C)c1. The van der Waals surface area contributed by atoms with Crippen LogP contribution in [0.15, 0.2) is 36.7 Å². The third-order valence-corrected chi connectivity index (χ3v) is 4.05. The lowest BCUT2D eigenvalue weighted by molar-refractivity contribution is -0.130. The molecule has 122 valence electrons. The van der Waals surface area contributed by atoms with Crippen LogP contribution in [-0.2, 0) is 16.6 Å². The zero-order chi connectivity index (χ0) is 16.2. The molecule has 2 aromatic rings. The molecule has 1 N–H and O–H groups in total. The van der Waals surface area contributed by atoms with Crippen molar-refractivity contribution in [1.29, 1.82) is 0 Å². The highest BCUT2D eigenvalue weighted by molar-refractivity contribution is 5.81. The molecule has 1 aromatic heterocycles. The van der Waals surface area contributed by atoms with E-state index in [0.717, 1.165) is 30.0 Å². The van der Waals surface area contributed by atoms with E-state index in [2.05, 4.69) is 10.3 Å². The van der Waals surface area contributed by atoms with E-state index in [0.29, 0.717) is 6.61 Å². The molecule has 1 fully saturated rings. The van der Waals surface area contributed by atoms with E-state index in [1.165, 1.54) is 0 Å². The zero-order valence-corrected chi connectivity index (χ0v) is 13.4. The van der Waals surface area contributed by atoms with Gasteiger partial charge in [-0.2, -0.15) is 0 Å². The summed E-state index contributed by atoms with van der Waals surface area (Å²) in [5.74, 6) is 1.41. The van der Waals surface area contributed by atoms with Gasteiger partial charge in [-0.05, 0) is 30.5 Å². The van der Waals surface area contributed by atoms with Gasteiger partial charge < -0.3 is 19.4 Å². The average molecular weight is 315 g/mol. The van der Waals surface area contributed by atoms with Gasteiger partial charge in [-0.15, -0.1) is 0 Å². The first-order valence-electron chi connectivity index (χ1n) is 7.72. The fraction of sp³-hybridized carbons (Fsp3) is 0.412. The maximum atomic E-state index is 12.5. The number of hydrogen-bond donors (Lipinski definition) is 1. The maximum Gasteiger partial charge on any atom is 0.249 e. The molecule has 1 amide bonds. The third kappa shape index (κ3) is 3.37. The first-order chi connectivity index (χ1) is 11.2. The highest BCUT2D eigenvalue weighted by Crippen LogP contribution is 2.25. The molecule has 0 radical (unpaired) electrons. The minimum Gasteiger partial charge on any atom is -0.497 e. The molecule has 6 nitrogen and oxygen atoms in total. The largest absolute Gasteiger partial charge is 0.497 e. The number of benzene rings is 1. The van der Waals surface area contributed by atoms with Gasteiger partial charge in [0.1, 0.15) is 23.7 Å². The number of carbonyl (C=O) groups excluding carboxylic acids is 1. The van der Waals surface area contributed by atoms with Gasteiger partial charge >= 0.3 is 0 Å². The molecule has 3 rings (SSSR count). The Kier molecular flexibility index (Phi) is 4.62. The van der Waals surface area contributed by atoms with Crippen LogP contribution < -0.4 is 10.1 Å². The van der Waals surface area contributed by atoms with E-state index in [9.17, 15) is 4.79 Å². The predicted molar refractivity (Wildman–Crippen MR) is 85.2 cm³/mol. The van der Waals surface area contributed by atoms with Crippen LogP contribution in [0.4, 0.5) is 0 Å². The lowest BCUT2D eigenvalue weighted by Gasteiger charge is -2.21. The Labute approximate surface area is 135 Å². The number of methoxy groups -OCH3 is 1. The highest BCUT2D eigenvalue weighted by atomic mass is 16.5. The Morgan fingerprint density at radius 1 is 1.52 bits per heavy atom. The van der Waals surface area contributed by atoms with Crippen LogP contribution >= 0.6 is 0 Å². The average Bonchev–Trinajstić information content (AvgIpc) is 3.24. The van der Waals surface area contributed by atoms with Crippen molar-refractivity contribution >= 4 is 5.91 Å². The number of imidazole rings is 1. The number of nitrogens with zero attached hydrogens (tertiary/aromatic N) is 2. The Hall–Kier alpha value is -2.34. The number of amides is 1. The van der Waals surface area contributed by atoms with Gasteiger partial charge in [0, 0.05) is 26.0 Å². The zero-order valence-electron chi connectivity index (χ0n) is 13.4. The first-order valence-corrected chi connectivity index (χ1v) is 7.72. The lowest BCUT2D eigenvalue weighted by Crippen LogP contribution is -2.38. The second kappa shape index (κ2) is 6.83. The highest BCUT2D eigenvalue weighted by Gasteiger charge is 2.28. The molecule has 1 aromatic carbocycles. The molecular weight excluding hydrogens is 294 g/mol. The van der Waals surface area contributed by atoms with Crippen molar-refractivity contribution in [2.75, 3.05) is 13.7 Å². The van der Waals surface area contributed by atoms with Crippen molar-refractivity contribution in [1.82, 2.24) is 14.9 Å². The van der Waals surface area contributed by atoms with Gasteiger partial charge in [0.15, 0.2) is 0 Å². The first kappa shape index (κ1) is 15.6. The summed E-state index contributed by atoms with van der Waals surface area (Å²) in [6, 6.07) is 7.30.